The van der Waals surface area contributed by atoms with E-state index in [0.29, 0.717) is 11.4 Å². The van der Waals surface area contributed by atoms with E-state index in [-0.39, 0.29) is 17.3 Å². The Morgan fingerprint density at radius 3 is 2.32 bits per heavy atom. The lowest BCUT2D eigenvalue weighted by Crippen LogP contribution is -2.27. The maximum atomic E-state index is 13.1. The first-order valence-corrected chi connectivity index (χ1v) is 10.1. The summed E-state index contributed by atoms with van der Waals surface area (Å²) in [6.07, 6.45) is 3.18. The average Bonchev–Trinajstić information content (AvgIpc) is 3.10. The molecule has 0 bridgehead atoms. The molecule has 31 heavy (non-hydrogen) atoms. The second kappa shape index (κ2) is 8.85. The zero-order chi connectivity index (χ0) is 21.8. The third kappa shape index (κ3) is 4.49. The molecule has 0 aliphatic carbocycles. The highest BCUT2D eigenvalue weighted by Crippen LogP contribution is 2.25. The van der Waals surface area contributed by atoms with Crippen molar-refractivity contribution in [3.8, 4) is 0 Å². The topological polar surface area (TPSA) is 88.2 Å². The standard InChI is InChI=1S/C23H15BrN4O3/c24-20-9-5-4-8-18(20)14-21-23(29)27(22(26-21)17-6-2-1-3-7-17)25-15-16-10-12-19(13-11-16)28(30)31/h1-15H/b21-14-,25-15+. The van der Waals surface area contributed by atoms with Crippen molar-refractivity contribution in [3.05, 3.63) is 116 Å². The predicted octanol–water partition coefficient (Wildman–Crippen LogP) is 5.02. The smallest absolute Gasteiger partial charge is 0.265 e. The Hall–Kier alpha value is -3.91. The Kier molecular flexibility index (Phi) is 5.81. The molecule has 0 fully saturated rings. The van der Waals surface area contributed by atoms with Gasteiger partial charge in [0, 0.05) is 22.2 Å². The molecule has 1 heterocycles. The SMILES string of the molecule is O=C1/C(=C/c2ccccc2Br)N=C(c2ccccc2)N1/N=C/c1ccc([N+](=O)[O-])cc1. The number of hydrogen-bond donors (Lipinski definition) is 0. The summed E-state index contributed by atoms with van der Waals surface area (Å²) in [4.78, 5) is 28.0. The van der Waals surface area contributed by atoms with Gasteiger partial charge in [0.2, 0.25) is 0 Å². The molecule has 0 spiro atoms. The van der Waals surface area contributed by atoms with Crippen molar-refractivity contribution < 1.29 is 9.72 Å². The van der Waals surface area contributed by atoms with Gasteiger partial charge in [0.15, 0.2) is 5.84 Å². The molecule has 1 aliphatic rings. The number of aliphatic imine (C=N–C) groups is 1. The van der Waals surface area contributed by atoms with Gasteiger partial charge in [0.1, 0.15) is 5.70 Å². The fraction of sp³-hybridized carbons (Fsp3) is 0. The van der Waals surface area contributed by atoms with E-state index in [1.807, 2.05) is 54.6 Å². The number of amides is 1. The van der Waals surface area contributed by atoms with Gasteiger partial charge in [-0.25, -0.2) is 4.99 Å². The number of non-ortho nitro benzene ring substituents is 1. The van der Waals surface area contributed by atoms with E-state index in [9.17, 15) is 14.9 Å². The van der Waals surface area contributed by atoms with Gasteiger partial charge in [-0.05, 0) is 35.4 Å². The summed E-state index contributed by atoms with van der Waals surface area (Å²) in [6.45, 7) is 0. The minimum Gasteiger partial charge on any atom is -0.265 e. The predicted molar refractivity (Wildman–Crippen MR) is 123 cm³/mol. The molecular weight excluding hydrogens is 460 g/mol. The van der Waals surface area contributed by atoms with Gasteiger partial charge in [-0.2, -0.15) is 10.1 Å². The largest absolute Gasteiger partial charge is 0.298 e. The molecule has 1 aliphatic heterocycles. The highest BCUT2D eigenvalue weighted by molar-refractivity contribution is 9.10. The summed E-state index contributed by atoms with van der Waals surface area (Å²) in [7, 11) is 0. The number of hydrogen-bond acceptors (Lipinski definition) is 5. The van der Waals surface area contributed by atoms with Crippen molar-refractivity contribution in [1.29, 1.82) is 0 Å². The Bertz CT molecular complexity index is 1240. The quantitative estimate of drug-likeness (QED) is 0.225. The molecule has 3 aromatic carbocycles. The van der Waals surface area contributed by atoms with Crippen LogP contribution in [0.4, 0.5) is 5.69 Å². The first-order chi connectivity index (χ1) is 15.0. The lowest BCUT2D eigenvalue weighted by Gasteiger charge is -2.11. The zero-order valence-electron chi connectivity index (χ0n) is 16.1. The summed E-state index contributed by atoms with van der Waals surface area (Å²) in [5, 5.41) is 16.4. The lowest BCUT2D eigenvalue weighted by molar-refractivity contribution is -0.384. The summed E-state index contributed by atoms with van der Waals surface area (Å²) < 4.78 is 0.847. The van der Waals surface area contributed by atoms with Crippen LogP contribution in [0.15, 0.2) is 99.1 Å². The number of rotatable bonds is 5. The van der Waals surface area contributed by atoms with Gasteiger partial charge in [0.05, 0.1) is 11.1 Å². The molecule has 0 radical (unpaired) electrons. The minimum absolute atomic E-state index is 0.0143. The van der Waals surface area contributed by atoms with Crippen LogP contribution in [0.1, 0.15) is 16.7 Å². The number of nitrogens with zero attached hydrogens (tertiary/aromatic N) is 4. The van der Waals surface area contributed by atoms with E-state index in [0.717, 1.165) is 15.6 Å². The van der Waals surface area contributed by atoms with Gasteiger partial charge in [-0.3, -0.25) is 14.9 Å². The zero-order valence-corrected chi connectivity index (χ0v) is 17.6. The molecule has 0 N–H and O–H groups in total. The number of hydrazone groups is 1. The molecular formula is C23H15BrN4O3. The summed E-state index contributed by atoms with van der Waals surface area (Å²) in [5.41, 5.74) is 2.43. The molecule has 0 saturated carbocycles. The number of nitro groups is 1. The summed E-state index contributed by atoms with van der Waals surface area (Å²) in [5.74, 6) is 0.0369. The summed E-state index contributed by atoms with van der Waals surface area (Å²) in [6, 6.07) is 22.7. The third-order valence-corrected chi connectivity index (χ3v) is 5.22. The van der Waals surface area contributed by atoms with E-state index in [1.54, 1.807) is 18.2 Å². The molecule has 3 aromatic rings. The second-order valence-corrected chi connectivity index (χ2v) is 7.42. The van der Waals surface area contributed by atoms with Gasteiger partial charge < -0.3 is 0 Å². The summed E-state index contributed by atoms with van der Waals surface area (Å²) >= 11 is 3.48. The maximum Gasteiger partial charge on any atom is 0.298 e. The van der Waals surface area contributed by atoms with E-state index in [4.69, 9.17) is 0 Å². The third-order valence-electron chi connectivity index (χ3n) is 4.49. The van der Waals surface area contributed by atoms with E-state index in [1.165, 1.54) is 23.4 Å². The van der Waals surface area contributed by atoms with Gasteiger partial charge in [0.25, 0.3) is 11.6 Å². The highest BCUT2D eigenvalue weighted by Gasteiger charge is 2.31. The van der Waals surface area contributed by atoms with Crippen LogP contribution in [0.2, 0.25) is 0 Å². The van der Waals surface area contributed by atoms with Gasteiger partial charge in [-0.1, -0.05) is 64.5 Å². The second-order valence-electron chi connectivity index (χ2n) is 6.56. The van der Waals surface area contributed by atoms with Crippen molar-refractivity contribution in [2.45, 2.75) is 0 Å². The molecule has 4 rings (SSSR count). The van der Waals surface area contributed by atoms with Crippen LogP contribution in [-0.4, -0.2) is 27.9 Å². The van der Waals surface area contributed by atoms with E-state index < -0.39 is 4.92 Å². The van der Waals surface area contributed by atoms with Gasteiger partial charge >= 0.3 is 0 Å². The normalized spacial score (nSPS) is 15.0. The van der Waals surface area contributed by atoms with Crippen LogP contribution in [0, 0.1) is 10.1 Å². The van der Waals surface area contributed by atoms with Crippen LogP contribution >= 0.6 is 15.9 Å². The maximum absolute atomic E-state index is 13.1. The van der Waals surface area contributed by atoms with Crippen molar-refractivity contribution in [3.63, 3.8) is 0 Å². The van der Waals surface area contributed by atoms with Crippen LogP contribution in [0.5, 0.6) is 0 Å². The van der Waals surface area contributed by atoms with Crippen LogP contribution in [-0.2, 0) is 4.79 Å². The number of amidine groups is 1. The van der Waals surface area contributed by atoms with Gasteiger partial charge in [-0.15, -0.1) is 0 Å². The van der Waals surface area contributed by atoms with Crippen LogP contribution in [0.3, 0.4) is 0 Å². The van der Waals surface area contributed by atoms with Crippen molar-refractivity contribution in [2.24, 2.45) is 10.1 Å². The number of benzene rings is 3. The molecule has 0 aromatic heterocycles. The fourth-order valence-electron chi connectivity index (χ4n) is 2.94. The van der Waals surface area contributed by atoms with Crippen LogP contribution in [0.25, 0.3) is 6.08 Å². The highest BCUT2D eigenvalue weighted by atomic mass is 79.9. The molecule has 0 unspecified atom stereocenters. The van der Waals surface area contributed by atoms with E-state index in [2.05, 4.69) is 26.0 Å². The number of halogens is 1. The number of carbonyl (C=O) groups excluding carboxylic acids is 1. The molecule has 0 atom stereocenters. The first-order valence-electron chi connectivity index (χ1n) is 9.26. The first kappa shape index (κ1) is 20.4. The molecule has 1 amide bonds. The van der Waals surface area contributed by atoms with Crippen molar-refractivity contribution in [1.82, 2.24) is 5.01 Å². The van der Waals surface area contributed by atoms with Crippen LogP contribution < -0.4 is 0 Å². The lowest BCUT2D eigenvalue weighted by atomic mass is 10.2. The minimum atomic E-state index is -0.468. The Morgan fingerprint density at radius 1 is 0.968 bits per heavy atom. The fourth-order valence-corrected chi connectivity index (χ4v) is 3.33. The molecule has 0 saturated heterocycles. The Balaban J connectivity index is 1.70. The van der Waals surface area contributed by atoms with Crippen molar-refractivity contribution >= 4 is 45.7 Å². The van der Waals surface area contributed by atoms with E-state index >= 15 is 0 Å². The molecule has 8 heteroatoms. The average molecular weight is 475 g/mol. The monoisotopic (exact) mass is 474 g/mol. The number of nitro benzene ring substituents is 1. The Labute approximate surface area is 186 Å². The Morgan fingerprint density at radius 2 is 1.65 bits per heavy atom. The number of carbonyl (C=O) groups is 1. The molecule has 7 nitrogen and oxygen atoms in total. The molecule has 152 valence electrons. The van der Waals surface area contributed by atoms with Crippen molar-refractivity contribution in [2.75, 3.05) is 0 Å².